The highest BCUT2D eigenvalue weighted by molar-refractivity contribution is 5.58. The Morgan fingerprint density at radius 2 is 1.69 bits per heavy atom. The first kappa shape index (κ1) is 21.6. The maximum atomic E-state index is 6.02. The molecule has 0 radical (unpaired) electrons. The van der Waals surface area contributed by atoms with E-state index in [9.17, 15) is 0 Å². The Hall–Kier alpha value is -2.06. The molecule has 156 valence electrons. The molecule has 0 aliphatic heterocycles. The highest BCUT2D eigenvalue weighted by Gasteiger charge is 2.17. The van der Waals surface area contributed by atoms with Crippen LogP contribution in [0.2, 0.25) is 0 Å². The fourth-order valence-electron chi connectivity index (χ4n) is 4.22. The number of rotatable bonds is 9. The first-order valence-corrected chi connectivity index (χ1v) is 11.1. The van der Waals surface area contributed by atoms with Crippen molar-refractivity contribution in [2.24, 2.45) is 11.8 Å². The summed E-state index contributed by atoms with van der Waals surface area (Å²) in [4.78, 5) is 0. The van der Waals surface area contributed by atoms with Crippen molar-refractivity contribution in [3.63, 3.8) is 0 Å². The smallest absolute Gasteiger partial charge is 0.197 e. The maximum absolute atomic E-state index is 6.02. The summed E-state index contributed by atoms with van der Waals surface area (Å²) in [5.74, 6) is 2.80. The van der Waals surface area contributed by atoms with Crippen LogP contribution in [0.15, 0.2) is 48.5 Å². The second-order valence-electron chi connectivity index (χ2n) is 8.97. The Bertz CT molecular complexity index is 802. The zero-order valence-electron chi connectivity index (χ0n) is 18.7. The molecule has 0 aromatic heterocycles. The molecule has 1 aliphatic carbocycles. The number of allylic oxidation sites excluding steroid dienone is 1. The molecule has 1 aliphatic rings. The fraction of sp³-hybridized carbons (Fsp3) is 0.481. The van der Waals surface area contributed by atoms with Crippen molar-refractivity contribution in [3.8, 4) is 5.75 Å². The molecule has 2 atom stereocenters. The lowest BCUT2D eigenvalue weighted by Crippen LogP contribution is -2.17. The molecule has 2 heteroatoms. The number of hydrogen-bond donors (Lipinski definition) is 0. The molecule has 2 unspecified atom stereocenters. The van der Waals surface area contributed by atoms with Gasteiger partial charge in [-0.15, -0.1) is 0 Å². The minimum Gasteiger partial charge on any atom is -0.465 e. The zero-order valence-corrected chi connectivity index (χ0v) is 18.7. The van der Waals surface area contributed by atoms with Gasteiger partial charge in [0.15, 0.2) is 6.29 Å². The van der Waals surface area contributed by atoms with Crippen LogP contribution in [0, 0.1) is 11.8 Å². The normalized spacial score (nSPS) is 15.4. The molecular weight excluding hydrogens is 356 g/mol. The van der Waals surface area contributed by atoms with Gasteiger partial charge in [0.05, 0.1) is 6.61 Å². The van der Waals surface area contributed by atoms with Crippen LogP contribution in [-0.4, -0.2) is 6.29 Å². The van der Waals surface area contributed by atoms with Gasteiger partial charge in [-0.1, -0.05) is 70.2 Å². The molecule has 0 N–H and O–H groups in total. The van der Waals surface area contributed by atoms with Gasteiger partial charge in [0.1, 0.15) is 5.75 Å². The molecule has 2 aromatic carbocycles. The molecule has 2 nitrogen and oxygen atoms in total. The van der Waals surface area contributed by atoms with Crippen LogP contribution >= 0.6 is 0 Å². The Morgan fingerprint density at radius 3 is 2.38 bits per heavy atom. The van der Waals surface area contributed by atoms with Crippen molar-refractivity contribution in [3.05, 3.63) is 70.8 Å². The highest BCUT2D eigenvalue weighted by atomic mass is 16.7. The van der Waals surface area contributed by atoms with Gasteiger partial charge >= 0.3 is 0 Å². The quantitative estimate of drug-likeness (QED) is 0.415. The summed E-state index contributed by atoms with van der Waals surface area (Å²) in [5.41, 5.74) is 5.41. The zero-order chi connectivity index (χ0) is 20.8. The molecule has 29 heavy (non-hydrogen) atoms. The van der Waals surface area contributed by atoms with Crippen LogP contribution in [0.4, 0.5) is 0 Å². The van der Waals surface area contributed by atoms with E-state index in [0.717, 1.165) is 18.6 Å². The third kappa shape index (κ3) is 5.96. The third-order valence-corrected chi connectivity index (χ3v) is 5.78. The molecule has 0 saturated carbocycles. The lowest BCUT2D eigenvalue weighted by molar-refractivity contribution is -0.0761. The SMILES string of the molecule is CC(C)CC(c1ccc(OC(C)OCc2cccc3c2CCC=C3)cc1)C(C)C. The number of hydrogen-bond acceptors (Lipinski definition) is 2. The van der Waals surface area contributed by atoms with Crippen molar-refractivity contribution >= 4 is 6.08 Å². The maximum Gasteiger partial charge on any atom is 0.197 e. The van der Waals surface area contributed by atoms with E-state index in [1.807, 2.05) is 6.92 Å². The minimum atomic E-state index is -0.285. The number of benzene rings is 2. The first-order chi connectivity index (χ1) is 13.9. The fourth-order valence-corrected chi connectivity index (χ4v) is 4.22. The van der Waals surface area contributed by atoms with E-state index in [2.05, 4.69) is 82.3 Å². The summed E-state index contributed by atoms with van der Waals surface area (Å²) < 4.78 is 12.0. The first-order valence-electron chi connectivity index (χ1n) is 11.1. The van der Waals surface area contributed by atoms with Crippen molar-refractivity contribution in [1.82, 2.24) is 0 Å². The third-order valence-electron chi connectivity index (χ3n) is 5.78. The Balaban J connectivity index is 1.57. The highest BCUT2D eigenvalue weighted by Crippen LogP contribution is 2.32. The molecule has 0 heterocycles. The van der Waals surface area contributed by atoms with Gasteiger partial charge in [0, 0.05) is 0 Å². The lowest BCUT2D eigenvalue weighted by Gasteiger charge is -2.24. The molecule has 0 amide bonds. The molecule has 0 saturated heterocycles. The van der Waals surface area contributed by atoms with Gasteiger partial charge in [-0.2, -0.15) is 0 Å². The van der Waals surface area contributed by atoms with Crippen molar-refractivity contribution in [2.75, 3.05) is 0 Å². The number of ether oxygens (including phenoxy) is 2. The average Bonchev–Trinajstić information content (AvgIpc) is 2.71. The second-order valence-corrected chi connectivity index (χ2v) is 8.97. The van der Waals surface area contributed by atoms with Crippen LogP contribution < -0.4 is 4.74 Å². The van der Waals surface area contributed by atoms with Crippen LogP contribution in [0.1, 0.15) is 75.6 Å². The van der Waals surface area contributed by atoms with Crippen LogP contribution in [0.25, 0.3) is 6.08 Å². The standard InChI is InChI=1S/C27H36O2/c1-19(2)17-27(20(3)4)23-13-15-25(16-14-23)29-21(5)28-18-24-11-8-10-22-9-6-7-12-26(22)24/h6,8-11,13-16,19-21,27H,7,12,17-18H2,1-5H3. The van der Waals surface area contributed by atoms with Crippen LogP contribution in [0.3, 0.4) is 0 Å². The second kappa shape index (κ2) is 10.1. The molecule has 0 bridgehead atoms. The summed E-state index contributed by atoms with van der Waals surface area (Å²) in [6, 6.07) is 15.1. The van der Waals surface area contributed by atoms with Gasteiger partial charge in [0.2, 0.25) is 0 Å². The Kier molecular flexibility index (Phi) is 7.55. The largest absolute Gasteiger partial charge is 0.465 e. The molecule has 3 rings (SSSR count). The predicted molar refractivity (Wildman–Crippen MR) is 122 cm³/mol. The van der Waals surface area contributed by atoms with E-state index >= 15 is 0 Å². The van der Waals surface area contributed by atoms with Crippen molar-refractivity contribution in [2.45, 2.75) is 72.7 Å². The topological polar surface area (TPSA) is 18.5 Å². The van der Waals surface area contributed by atoms with Crippen molar-refractivity contribution in [1.29, 1.82) is 0 Å². The van der Waals surface area contributed by atoms with Gasteiger partial charge in [-0.25, -0.2) is 0 Å². The van der Waals surface area contributed by atoms with Crippen LogP contribution in [0.5, 0.6) is 5.75 Å². The number of fused-ring (bicyclic) bond motifs is 1. The average molecular weight is 393 g/mol. The molecular formula is C27H36O2. The molecule has 0 spiro atoms. The summed E-state index contributed by atoms with van der Waals surface area (Å²) in [7, 11) is 0. The van der Waals surface area contributed by atoms with E-state index in [1.165, 1.54) is 28.7 Å². The van der Waals surface area contributed by atoms with Gasteiger partial charge in [-0.3, -0.25) is 0 Å². The summed E-state index contributed by atoms with van der Waals surface area (Å²) in [5, 5.41) is 0. The van der Waals surface area contributed by atoms with E-state index in [1.54, 1.807) is 0 Å². The summed E-state index contributed by atoms with van der Waals surface area (Å²) >= 11 is 0. The molecule has 0 fully saturated rings. The van der Waals surface area contributed by atoms with E-state index in [4.69, 9.17) is 9.47 Å². The lowest BCUT2D eigenvalue weighted by atomic mass is 9.82. The summed E-state index contributed by atoms with van der Waals surface area (Å²) in [6.07, 6.45) is 7.59. The van der Waals surface area contributed by atoms with E-state index in [-0.39, 0.29) is 6.29 Å². The van der Waals surface area contributed by atoms with E-state index < -0.39 is 0 Å². The van der Waals surface area contributed by atoms with Crippen LogP contribution in [-0.2, 0) is 17.8 Å². The van der Waals surface area contributed by atoms with Gasteiger partial charge < -0.3 is 9.47 Å². The predicted octanol–water partition coefficient (Wildman–Crippen LogP) is 7.37. The molecule has 2 aromatic rings. The van der Waals surface area contributed by atoms with Crippen molar-refractivity contribution < 1.29 is 9.47 Å². The van der Waals surface area contributed by atoms with Gasteiger partial charge in [-0.05, 0) is 78.3 Å². The Morgan fingerprint density at radius 1 is 0.931 bits per heavy atom. The summed E-state index contributed by atoms with van der Waals surface area (Å²) in [6.45, 7) is 11.8. The monoisotopic (exact) mass is 392 g/mol. The minimum absolute atomic E-state index is 0.285. The van der Waals surface area contributed by atoms with Gasteiger partial charge in [0.25, 0.3) is 0 Å². The Labute approximate surface area is 176 Å². The van der Waals surface area contributed by atoms with E-state index in [0.29, 0.717) is 24.4 Å².